The zero-order valence-electron chi connectivity index (χ0n) is 19.0. The average Bonchev–Trinajstić information content (AvgIpc) is 2.83. The van der Waals surface area contributed by atoms with Crippen LogP contribution in [0.15, 0.2) is 66.7 Å². The van der Waals surface area contributed by atoms with Gasteiger partial charge in [-0.05, 0) is 54.3 Å². The van der Waals surface area contributed by atoms with Crippen molar-refractivity contribution in [2.75, 3.05) is 18.5 Å². The Labute approximate surface area is 200 Å². The number of hydrogen-bond donors (Lipinski definition) is 2. The number of alkyl halides is 3. The van der Waals surface area contributed by atoms with E-state index in [2.05, 4.69) is 10.6 Å². The van der Waals surface area contributed by atoms with Crippen LogP contribution >= 0.6 is 0 Å². The van der Waals surface area contributed by atoms with Crippen LogP contribution in [0.3, 0.4) is 0 Å². The average molecular weight is 484 g/mol. The molecule has 0 heterocycles. The Morgan fingerprint density at radius 3 is 2.09 bits per heavy atom. The molecule has 3 aromatic rings. The number of amides is 2. The van der Waals surface area contributed by atoms with Gasteiger partial charge >= 0.3 is 12.1 Å². The first-order chi connectivity index (χ1) is 16.6. The molecule has 0 aromatic heterocycles. The number of rotatable bonds is 7. The molecule has 9 heteroatoms. The Morgan fingerprint density at radius 1 is 0.829 bits per heavy atom. The molecule has 0 unspecified atom stereocenters. The van der Waals surface area contributed by atoms with Crippen molar-refractivity contribution in [1.29, 1.82) is 0 Å². The maximum absolute atomic E-state index is 12.8. The number of ether oxygens (including phenoxy) is 1. The fraction of sp³-hybridized carbons (Fsp3) is 0.192. The Kier molecular flexibility index (Phi) is 7.91. The molecule has 0 saturated heterocycles. The van der Waals surface area contributed by atoms with Crippen LogP contribution in [0.25, 0.3) is 11.1 Å². The summed E-state index contributed by atoms with van der Waals surface area (Å²) in [6.07, 6.45) is -4.47. The monoisotopic (exact) mass is 484 g/mol. The number of para-hydroxylation sites is 1. The van der Waals surface area contributed by atoms with Crippen molar-refractivity contribution in [3.05, 3.63) is 89.0 Å². The van der Waals surface area contributed by atoms with Crippen molar-refractivity contribution in [1.82, 2.24) is 5.32 Å². The molecule has 0 atom stereocenters. The Bertz CT molecular complexity index is 1220. The highest BCUT2D eigenvalue weighted by Crippen LogP contribution is 2.32. The van der Waals surface area contributed by atoms with E-state index in [1.807, 2.05) is 32.0 Å². The number of esters is 1. The third-order valence-corrected chi connectivity index (χ3v) is 5.20. The summed E-state index contributed by atoms with van der Waals surface area (Å²) in [6.45, 7) is 2.76. The molecular formula is C26H23F3N2O4. The van der Waals surface area contributed by atoms with E-state index in [1.54, 1.807) is 18.2 Å². The maximum Gasteiger partial charge on any atom is 0.416 e. The molecule has 2 N–H and O–H groups in total. The van der Waals surface area contributed by atoms with Gasteiger partial charge in [0.1, 0.15) is 0 Å². The number of halogens is 3. The third-order valence-electron chi connectivity index (χ3n) is 5.20. The first-order valence-corrected chi connectivity index (χ1v) is 10.6. The molecule has 0 fully saturated rings. The molecule has 35 heavy (non-hydrogen) atoms. The number of hydrogen-bond acceptors (Lipinski definition) is 4. The van der Waals surface area contributed by atoms with Crippen molar-refractivity contribution in [2.45, 2.75) is 20.0 Å². The van der Waals surface area contributed by atoms with E-state index in [0.29, 0.717) is 16.8 Å². The number of carbonyl (C=O) groups is 3. The molecule has 0 aliphatic carbocycles. The van der Waals surface area contributed by atoms with Crippen molar-refractivity contribution < 1.29 is 32.3 Å². The number of anilines is 1. The zero-order chi connectivity index (χ0) is 25.6. The number of nitrogens with one attached hydrogen (secondary N) is 2. The normalized spacial score (nSPS) is 11.0. The summed E-state index contributed by atoms with van der Waals surface area (Å²) in [5.41, 5.74) is 2.46. The van der Waals surface area contributed by atoms with E-state index in [-0.39, 0.29) is 12.1 Å². The van der Waals surface area contributed by atoms with Gasteiger partial charge in [-0.25, -0.2) is 4.79 Å². The lowest BCUT2D eigenvalue weighted by Gasteiger charge is -2.13. The molecule has 182 valence electrons. The van der Waals surface area contributed by atoms with Gasteiger partial charge in [0.15, 0.2) is 6.61 Å². The van der Waals surface area contributed by atoms with Crippen molar-refractivity contribution in [3.63, 3.8) is 0 Å². The fourth-order valence-electron chi connectivity index (χ4n) is 3.39. The highest BCUT2D eigenvalue weighted by atomic mass is 19.4. The predicted octanol–water partition coefficient (Wildman–Crippen LogP) is 4.90. The number of benzene rings is 3. The smallest absolute Gasteiger partial charge is 0.416 e. The lowest BCUT2D eigenvalue weighted by Crippen LogP contribution is -2.35. The SMILES string of the molecule is Cc1cccc(C)c1NC(=O)CNC(=O)COC(=O)c1ccccc1-c1ccc(C(F)(F)F)cc1. The van der Waals surface area contributed by atoms with E-state index in [4.69, 9.17) is 4.74 Å². The molecule has 0 spiro atoms. The highest BCUT2D eigenvalue weighted by Gasteiger charge is 2.30. The van der Waals surface area contributed by atoms with Crippen LogP contribution in [0.4, 0.5) is 18.9 Å². The molecule has 2 amide bonds. The van der Waals surface area contributed by atoms with Gasteiger partial charge in [0.05, 0.1) is 17.7 Å². The molecule has 0 bridgehead atoms. The summed E-state index contributed by atoms with van der Waals surface area (Å²) in [6, 6.07) is 16.2. The first-order valence-electron chi connectivity index (χ1n) is 10.6. The standard InChI is InChI=1S/C26H23F3N2O4/c1-16-6-5-7-17(2)24(16)31-22(32)14-30-23(33)15-35-25(34)21-9-4-3-8-20(21)18-10-12-19(13-11-18)26(27,28)29/h3-13H,14-15H2,1-2H3,(H,30,33)(H,31,32). The second kappa shape index (κ2) is 10.9. The van der Waals surface area contributed by atoms with E-state index in [1.165, 1.54) is 18.2 Å². The van der Waals surface area contributed by atoms with Gasteiger partial charge in [-0.2, -0.15) is 13.2 Å². The van der Waals surface area contributed by atoms with Gasteiger partial charge in [-0.15, -0.1) is 0 Å². The van der Waals surface area contributed by atoms with Crippen LogP contribution in [0, 0.1) is 13.8 Å². The second-order valence-corrected chi connectivity index (χ2v) is 7.79. The second-order valence-electron chi connectivity index (χ2n) is 7.79. The van der Waals surface area contributed by atoms with E-state index >= 15 is 0 Å². The molecule has 0 aliphatic heterocycles. The lowest BCUT2D eigenvalue weighted by molar-refractivity contribution is -0.137. The quantitative estimate of drug-likeness (QED) is 0.467. The molecule has 6 nitrogen and oxygen atoms in total. The third kappa shape index (κ3) is 6.69. The topological polar surface area (TPSA) is 84.5 Å². The van der Waals surface area contributed by atoms with Crippen molar-refractivity contribution >= 4 is 23.5 Å². The van der Waals surface area contributed by atoms with Gasteiger partial charge in [0.25, 0.3) is 5.91 Å². The number of carbonyl (C=O) groups excluding carboxylic acids is 3. The molecule has 3 rings (SSSR count). The van der Waals surface area contributed by atoms with E-state index in [0.717, 1.165) is 23.3 Å². The van der Waals surface area contributed by atoms with Crippen LogP contribution in [0.2, 0.25) is 0 Å². The molecule has 0 radical (unpaired) electrons. The van der Waals surface area contributed by atoms with Gasteiger partial charge in [0, 0.05) is 5.69 Å². The van der Waals surface area contributed by atoms with Crippen LogP contribution in [-0.2, 0) is 20.5 Å². The largest absolute Gasteiger partial charge is 0.452 e. The minimum Gasteiger partial charge on any atom is -0.452 e. The minimum atomic E-state index is -4.47. The summed E-state index contributed by atoms with van der Waals surface area (Å²) in [5, 5.41) is 5.11. The lowest BCUT2D eigenvalue weighted by atomic mass is 9.98. The summed E-state index contributed by atoms with van der Waals surface area (Å²) < 4.78 is 43.5. The van der Waals surface area contributed by atoms with Gasteiger partial charge in [0.2, 0.25) is 5.91 Å². The summed E-state index contributed by atoms with van der Waals surface area (Å²) in [4.78, 5) is 36.8. The Morgan fingerprint density at radius 2 is 1.46 bits per heavy atom. The van der Waals surface area contributed by atoms with Gasteiger partial charge in [-0.1, -0.05) is 48.5 Å². The molecule has 3 aromatic carbocycles. The summed E-state index contributed by atoms with van der Waals surface area (Å²) in [7, 11) is 0. The van der Waals surface area contributed by atoms with E-state index < -0.39 is 36.1 Å². The van der Waals surface area contributed by atoms with Crippen LogP contribution < -0.4 is 10.6 Å². The summed E-state index contributed by atoms with van der Waals surface area (Å²) >= 11 is 0. The zero-order valence-corrected chi connectivity index (χ0v) is 19.0. The van der Waals surface area contributed by atoms with Crippen molar-refractivity contribution in [3.8, 4) is 11.1 Å². The molecule has 0 saturated carbocycles. The Balaban J connectivity index is 1.57. The number of aryl methyl sites for hydroxylation is 2. The van der Waals surface area contributed by atoms with Crippen LogP contribution in [-0.4, -0.2) is 30.9 Å². The summed E-state index contributed by atoms with van der Waals surface area (Å²) in [5.74, 6) is -1.94. The molecule has 0 aliphatic rings. The minimum absolute atomic E-state index is 0.0906. The fourth-order valence-corrected chi connectivity index (χ4v) is 3.39. The van der Waals surface area contributed by atoms with E-state index in [9.17, 15) is 27.6 Å². The first kappa shape index (κ1) is 25.5. The predicted molar refractivity (Wildman–Crippen MR) is 125 cm³/mol. The van der Waals surface area contributed by atoms with Gasteiger partial charge in [-0.3, -0.25) is 9.59 Å². The van der Waals surface area contributed by atoms with Gasteiger partial charge < -0.3 is 15.4 Å². The van der Waals surface area contributed by atoms with Crippen LogP contribution in [0.5, 0.6) is 0 Å². The highest BCUT2D eigenvalue weighted by molar-refractivity contribution is 5.99. The molecular weight excluding hydrogens is 461 g/mol. The van der Waals surface area contributed by atoms with Crippen molar-refractivity contribution in [2.24, 2.45) is 0 Å². The Hall–Kier alpha value is -4.14. The van der Waals surface area contributed by atoms with Crippen LogP contribution in [0.1, 0.15) is 27.0 Å². The maximum atomic E-state index is 12.8.